The standard InChI is InChI=1S/C26H38N10O7/c27-17(7-8-21(28)38)22(39)35-19(10-14-3-5-16(37)6-4-14)23(40)36-20(11-15-12-31-13-33-15)24(41)34-18(25(42)43)2-1-9-32-26(29)30/h3-6,12-13,17-20,37H,1-2,7-11,27H2,(H2,28,38)(H,31,33)(H,34,41)(H,35,39)(H,36,40)(H,42,43)(H4,29,30,32). The topological polar surface area (TPSA) is 307 Å². The number of nitrogens with zero attached hydrogens (tertiary/aromatic N) is 2. The van der Waals surface area contributed by atoms with Crippen molar-refractivity contribution in [3.8, 4) is 5.75 Å². The normalized spacial score (nSPS) is 13.5. The summed E-state index contributed by atoms with van der Waals surface area (Å²) >= 11 is 0. The van der Waals surface area contributed by atoms with Crippen molar-refractivity contribution in [1.29, 1.82) is 0 Å². The molecule has 0 radical (unpaired) electrons. The van der Waals surface area contributed by atoms with Crippen LogP contribution in [0.2, 0.25) is 0 Å². The van der Waals surface area contributed by atoms with Gasteiger partial charge in [-0.15, -0.1) is 0 Å². The number of carbonyl (C=O) groups excluding carboxylic acids is 4. The molecule has 0 aliphatic rings. The lowest BCUT2D eigenvalue weighted by Gasteiger charge is -2.25. The molecule has 0 aliphatic heterocycles. The van der Waals surface area contributed by atoms with Crippen molar-refractivity contribution in [2.24, 2.45) is 27.9 Å². The van der Waals surface area contributed by atoms with Gasteiger partial charge in [0.25, 0.3) is 0 Å². The number of nitrogens with two attached hydrogens (primary N) is 4. The molecule has 1 aromatic carbocycles. The van der Waals surface area contributed by atoms with E-state index in [1.165, 1.54) is 24.7 Å². The number of primary amides is 1. The molecule has 43 heavy (non-hydrogen) atoms. The van der Waals surface area contributed by atoms with Crippen LogP contribution in [0.5, 0.6) is 5.75 Å². The number of nitrogens with one attached hydrogen (secondary N) is 4. The number of benzene rings is 1. The molecular weight excluding hydrogens is 564 g/mol. The highest BCUT2D eigenvalue weighted by atomic mass is 16.4. The molecule has 0 spiro atoms. The summed E-state index contributed by atoms with van der Waals surface area (Å²) in [4.78, 5) is 73.1. The Bertz CT molecular complexity index is 1260. The summed E-state index contributed by atoms with van der Waals surface area (Å²) in [5.41, 5.74) is 22.6. The number of carboxylic acids is 1. The third-order valence-corrected chi connectivity index (χ3v) is 6.22. The number of carbonyl (C=O) groups is 5. The molecule has 234 valence electrons. The van der Waals surface area contributed by atoms with Gasteiger partial charge < -0.3 is 54.1 Å². The van der Waals surface area contributed by atoms with Gasteiger partial charge in [0.2, 0.25) is 23.6 Å². The second-order valence-electron chi connectivity index (χ2n) is 9.73. The number of aliphatic carboxylic acids is 1. The molecule has 14 N–H and O–H groups in total. The minimum Gasteiger partial charge on any atom is -0.508 e. The van der Waals surface area contributed by atoms with Gasteiger partial charge in [-0.2, -0.15) is 0 Å². The highest BCUT2D eigenvalue weighted by Gasteiger charge is 2.31. The minimum atomic E-state index is -1.31. The van der Waals surface area contributed by atoms with Crippen molar-refractivity contribution in [3.63, 3.8) is 0 Å². The monoisotopic (exact) mass is 602 g/mol. The number of imidazole rings is 1. The average Bonchev–Trinajstić information content (AvgIpc) is 3.46. The number of H-pyrrole nitrogens is 1. The van der Waals surface area contributed by atoms with E-state index in [1.54, 1.807) is 12.1 Å². The molecule has 0 bridgehead atoms. The molecule has 4 unspecified atom stereocenters. The first-order chi connectivity index (χ1) is 20.3. The fraction of sp³-hybridized carbons (Fsp3) is 0.423. The van der Waals surface area contributed by atoms with Crippen LogP contribution in [0.4, 0.5) is 0 Å². The maximum absolute atomic E-state index is 13.5. The number of carboxylic acid groups (broad SMARTS) is 1. The molecule has 1 heterocycles. The Kier molecular flexibility index (Phi) is 13.4. The van der Waals surface area contributed by atoms with Gasteiger partial charge in [-0.05, 0) is 37.0 Å². The van der Waals surface area contributed by atoms with Crippen LogP contribution in [-0.4, -0.2) is 86.5 Å². The molecule has 4 atom stereocenters. The number of aliphatic imine (C=N–C) groups is 1. The highest BCUT2D eigenvalue weighted by molar-refractivity contribution is 5.94. The average molecular weight is 603 g/mol. The van der Waals surface area contributed by atoms with E-state index < -0.39 is 53.8 Å². The third-order valence-electron chi connectivity index (χ3n) is 6.22. The summed E-state index contributed by atoms with van der Waals surface area (Å²) < 4.78 is 0. The van der Waals surface area contributed by atoms with E-state index in [0.29, 0.717) is 11.3 Å². The highest BCUT2D eigenvalue weighted by Crippen LogP contribution is 2.12. The number of phenols is 1. The van der Waals surface area contributed by atoms with E-state index in [-0.39, 0.29) is 56.8 Å². The van der Waals surface area contributed by atoms with Crippen LogP contribution < -0.4 is 38.9 Å². The van der Waals surface area contributed by atoms with Gasteiger partial charge in [0, 0.05) is 37.7 Å². The Labute approximate surface area is 246 Å². The number of aromatic nitrogens is 2. The SMILES string of the molecule is NC(=O)CCC(N)C(=O)NC(Cc1ccc(O)cc1)C(=O)NC(Cc1cnc[nH]1)C(=O)NC(CCCN=C(N)N)C(=O)O. The van der Waals surface area contributed by atoms with Gasteiger partial charge in [-0.3, -0.25) is 24.2 Å². The number of amides is 4. The van der Waals surface area contributed by atoms with Gasteiger partial charge in [0.05, 0.1) is 12.4 Å². The molecule has 4 amide bonds. The molecule has 0 saturated heterocycles. The molecule has 17 heteroatoms. The van der Waals surface area contributed by atoms with E-state index in [4.69, 9.17) is 22.9 Å². The number of rotatable bonds is 18. The molecule has 17 nitrogen and oxygen atoms in total. The second-order valence-corrected chi connectivity index (χ2v) is 9.73. The van der Waals surface area contributed by atoms with Crippen molar-refractivity contribution in [1.82, 2.24) is 25.9 Å². The lowest BCUT2D eigenvalue weighted by Crippen LogP contribution is -2.58. The van der Waals surface area contributed by atoms with Crippen LogP contribution in [0.1, 0.15) is 36.9 Å². The zero-order chi connectivity index (χ0) is 31.9. The number of phenolic OH excluding ortho intramolecular Hbond substituents is 1. The maximum Gasteiger partial charge on any atom is 0.326 e. The quantitative estimate of drug-likeness (QED) is 0.0468. The first-order valence-corrected chi connectivity index (χ1v) is 13.3. The number of hydrogen-bond donors (Lipinski definition) is 10. The molecule has 2 rings (SSSR count). The molecule has 1 aromatic heterocycles. The summed E-state index contributed by atoms with van der Waals surface area (Å²) in [6, 6.07) is 0.906. The maximum atomic E-state index is 13.5. The third kappa shape index (κ3) is 12.5. The van der Waals surface area contributed by atoms with E-state index >= 15 is 0 Å². The number of aromatic amines is 1. The van der Waals surface area contributed by atoms with E-state index in [9.17, 15) is 34.2 Å². The van der Waals surface area contributed by atoms with Crippen molar-refractivity contribution in [2.75, 3.05) is 6.54 Å². The van der Waals surface area contributed by atoms with Gasteiger partial charge in [-0.25, -0.2) is 9.78 Å². The number of aromatic hydroxyl groups is 1. The fourth-order valence-corrected chi connectivity index (χ4v) is 3.92. The second kappa shape index (κ2) is 16.9. The van der Waals surface area contributed by atoms with Crippen LogP contribution in [0.15, 0.2) is 41.8 Å². The van der Waals surface area contributed by atoms with Gasteiger partial charge in [0.1, 0.15) is 23.9 Å². The Morgan fingerprint density at radius 1 is 0.884 bits per heavy atom. The van der Waals surface area contributed by atoms with Crippen LogP contribution in [0, 0.1) is 0 Å². The Morgan fingerprint density at radius 2 is 1.49 bits per heavy atom. The number of guanidine groups is 1. The zero-order valence-corrected chi connectivity index (χ0v) is 23.4. The van der Waals surface area contributed by atoms with Crippen LogP contribution in [-0.2, 0) is 36.8 Å². The summed E-state index contributed by atoms with van der Waals surface area (Å²) in [7, 11) is 0. The molecule has 0 saturated carbocycles. The predicted molar refractivity (Wildman–Crippen MR) is 154 cm³/mol. The zero-order valence-electron chi connectivity index (χ0n) is 23.4. The smallest absolute Gasteiger partial charge is 0.326 e. The summed E-state index contributed by atoms with van der Waals surface area (Å²) in [6.07, 6.45) is 2.72. The summed E-state index contributed by atoms with van der Waals surface area (Å²) in [5, 5.41) is 26.8. The first-order valence-electron chi connectivity index (χ1n) is 13.3. The van der Waals surface area contributed by atoms with Gasteiger partial charge in [-0.1, -0.05) is 12.1 Å². The van der Waals surface area contributed by atoms with Crippen molar-refractivity contribution < 1.29 is 34.2 Å². The van der Waals surface area contributed by atoms with Crippen molar-refractivity contribution in [3.05, 3.63) is 48.0 Å². The van der Waals surface area contributed by atoms with Crippen LogP contribution in [0.3, 0.4) is 0 Å². The van der Waals surface area contributed by atoms with Crippen molar-refractivity contribution >= 4 is 35.6 Å². The van der Waals surface area contributed by atoms with E-state index in [1.807, 2.05) is 0 Å². The molecular formula is C26H38N10O7. The fourth-order valence-electron chi connectivity index (χ4n) is 3.92. The number of hydrogen-bond acceptors (Lipinski definition) is 9. The van der Waals surface area contributed by atoms with E-state index in [0.717, 1.165) is 0 Å². The Morgan fingerprint density at radius 3 is 2.05 bits per heavy atom. The largest absolute Gasteiger partial charge is 0.508 e. The summed E-state index contributed by atoms with van der Waals surface area (Å²) in [6.45, 7) is 0.149. The molecule has 0 fully saturated rings. The lowest BCUT2D eigenvalue weighted by molar-refractivity contribution is -0.142. The lowest BCUT2D eigenvalue weighted by atomic mass is 10.0. The van der Waals surface area contributed by atoms with Crippen LogP contribution >= 0.6 is 0 Å². The van der Waals surface area contributed by atoms with E-state index in [2.05, 4.69) is 30.9 Å². The minimum absolute atomic E-state index is 0.00526. The Hall–Kier alpha value is -5.19. The molecule has 2 aromatic rings. The van der Waals surface area contributed by atoms with Crippen molar-refractivity contribution in [2.45, 2.75) is 62.7 Å². The van der Waals surface area contributed by atoms with Gasteiger partial charge in [0.15, 0.2) is 5.96 Å². The molecule has 0 aliphatic carbocycles. The van der Waals surface area contributed by atoms with Crippen LogP contribution in [0.25, 0.3) is 0 Å². The van der Waals surface area contributed by atoms with Gasteiger partial charge >= 0.3 is 5.97 Å². The Balaban J connectivity index is 2.25. The first kappa shape index (κ1) is 34.0. The summed E-state index contributed by atoms with van der Waals surface area (Å²) in [5.74, 6) is -4.42. The predicted octanol–water partition coefficient (Wildman–Crippen LogP) is -2.91.